The van der Waals surface area contributed by atoms with Crippen LogP contribution in [0.2, 0.25) is 0 Å². The first-order valence-corrected chi connectivity index (χ1v) is 6.37. The normalized spacial score (nSPS) is 12.0. The molecule has 102 valence electrons. The molecular weight excluding hydrogens is 271 g/mol. The van der Waals surface area contributed by atoms with Crippen molar-refractivity contribution >= 4 is 0 Å². The highest BCUT2D eigenvalue weighted by atomic mass is 19.1. The van der Waals surface area contributed by atoms with Crippen LogP contribution in [0, 0.1) is 24.1 Å². The largest absolute Gasteiger partial charge is 0.299 e. The Morgan fingerprint density at radius 3 is 2.95 bits per heavy atom. The van der Waals surface area contributed by atoms with Gasteiger partial charge in [-0.05, 0) is 19.1 Å². The highest BCUT2D eigenvalue weighted by molar-refractivity contribution is 5.57. The summed E-state index contributed by atoms with van der Waals surface area (Å²) < 4.78 is 17.1. The van der Waals surface area contributed by atoms with Crippen LogP contribution >= 0.6 is 0 Å². The van der Waals surface area contributed by atoms with E-state index in [-0.39, 0.29) is 5.82 Å². The molecule has 2 aromatic heterocycles. The third kappa shape index (κ3) is 1.53. The molecule has 0 aliphatic carbocycles. The van der Waals surface area contributed by atoms with Crippen LogP contribution in [0.15, 0.2) is 24.5 Å². The molecule has 1 aliphatic heterocycles. The molecule has 0 N–H and O–H groups in total. The van der Waals surface area contributed by atoms with Crippen molar-refractivity contribution < 1.29 is 4.39 Å². The molecule has 0 fully saturated rings. The van der Waals surface area contributed by atoms with Gasteiger partial charge in [0, 0.05) is 12.5 Å². The Bertz CT molecular complexity index is 914. The predicted octanol–water partition coefficient (Wildman–Crippen LogP) is 1.68. The van der Waals surface area contributed by atoms with E-state index in [0.29, 0.717) is 17.8 Å². The van der Waals surface area contributed by atoms with E-state index >= 15 is 0 Å². The summed E-state index contributed by atoms with van der Waals surface area (Å²) in [6.07, 6.45) is 2.05. The number of halogens is 1. The number of nitriles is 1. The molecule has 0 bridgehead atoms. The summed E-state index contributed by atoms with van der Waals surface area (Å²) in [5, 5.41) is 17.4. The van der Waals surface area contributed by atoms with Gasteiger partial charge in [-0.1, -0.05) is 5.21 Å². The molecule has 0 unspecified atom stereocenters. The first kappa shape index (κ1) is 11.8. The SMILES string of the molecule is Cc1nnn2c1Cc1c(C#N)ncn1-c1ccc(F)cc1-2. The molecule has 3 heterocycles. The number of aryl methyl sites for hydroxylation is 1. The van der Waals surface area contributed by atoms with Crippen LogP contribution in [-0.4, -0.2) is 24.5 Å². The number of rotatable bonds is 0. The van der Waals surface area contributed by atoms with E-state index in [4.69, 9.17) is 0 Å². The fourth-order valence-electron chi connectivity index (χ4n) is 2.65. The quantitative estimate of drug-likeness (QED) is 0.491. The first-order valence-electron chi connectivity index (χ1n) is 6.37. The summed E-state index contributed by atoms with van der Waals surface area (Å²) >= 11 is 0. The standard InChI is InChI=1S/C14H9FN6/c1-8-12-5-13-10(6-16)17-7-20(13)11-3-2-9(15)4-14(11)21(12)19-18-8/h2-4,7H,5H2,1H3. The van der Waals surface area contributed by atoms with Crippen molar-refractivity contribution in [1.29, 1.82) is 5.26 Å². The van der Waals surface area contributed by atoms with Crippen molar-refractivity contribution in [3.05, 3.63) is 53.1 Å². The zero-order valence-corrected chi connectivity index (χ0v) is 11.1. The van der Waals surface area contributed by atoms with Crippen molar-refractivity contribution in [1.82, 2.24) is 24.5 Å². The highest BCUT2D eigenvalue weighted by Gasteiger charge is 2.25. The monoisotopic (exact) mass is 280 g/mol. The van der Waals surface area contributed by atoms with E-state index in [1.807, 2.05) is 6.92 Å². The zero-order valence-electron chi connectivity index (χ0n) is 11.1. The fourth-order valence-corrected chi connectivity index (χ4v) is 2.65. The molecule has 0 saturated carbocycles. The van der Waals surface area contributed by atoms with Gasteiger partial charge in [0.1, 0.15) is 18.2 Å². The van der Waals surface area contributed by atoms with Crippen LogP contribution in [0.3, 0.4) is 0 Å². The molecule has 4 rings (SSSR count). The number of fused-ring (bicyclic) bond motifs is 5. The highest BCUT2D eigenvalue weighted by Crippen LogP contribution is 2.29. The zero-order chi connectivity index (χ0) is 14.6. The van der Waals surface area contributed by atoms with Gasteiger partial charge in [0.25, 0.3) is 0 Å². The lowest BCUT2D eigenvalue weighted by atomic mass is 10.2. The lowest BCUT2D eigenvalue weighted by Gasteiger charge is -2.09. The molecule has 1 aromatic carbocycles. The Labute approximate surface area is 119 Å². The van der Waals surface area contributed by atoms with Crippen molar-refractivity contribution in [2.45, 2.75) is 13.3 Å². The van der Waals surface area contributed by atoms with Gasteiger partial charge in [0.2, 0.25) is 0 Å². The second-order valence-corrected chi connectivity index (χ2v) is 4.86. The molecule has 1 aliphatic rings. The Balaban J connectivity index is 2.13. The number of benzene rings is 1. The number of nitrogens with zero attached hydrogens (tertiary/aromatic N) is 6. The molecule has 7 heteroatoms. The summed E-state index contributed by atoms with van der Waals surface area (Å²) in [6, 6.07) is 6.54. The second kappa shape index (κ2) is 3.99. The van der Waals surface area contributed by atoms with Crippen LogP contribution in [-0.2, 0) is 6.42 Å². The molecule has 0 amide bonds. The van der Waals surface area contributed by atoms with Crippen molar-refractivity contribution in [3.63, 3.8) is 0 Å². The minimum absolute atomic E-state index is 0.350. The van der Waals surface area contributed by atoms with Crippen molar-refractivity contribution in [2.24, 2.45) is 0 Å². The number of aromatic nitrogens is 5. The molecule has 0 spiro atoms. The van der Waals surface area contributed by atoms with Gasteiger partial charge >= 0.3 is 0 Å². The molecular formula is C14H9FN6. The number of imidazole rings is 1. The maximum Gasteiger partial charge on any atom is 0.162 e. The minimum Gasteiger partial charge on any atom is -0.299 e. The van der Waals surface area contributed by atoms with E-state index in [9.17, 15) is 9.65 Å². The smallest absolute Gasteiger partial charge is 0.162 e. The maximum absolute atomic E-state index is 13.6. The third-order valence-corrected chi connectivity index (χ3v) is 3.69. The molecule has 0 radical (unpaired) electrons. The third-order valence-electron chi connectivity index (χ3n) is 3.69. The predicted molar refractivity (Wildman–Crippen MR) is 70.7 cm³/mol. The average molecular weight is 280 g/mol. The Hall–Kier alpha value is -3.01. The van der Waals surface area contributed by atoms with Crippen LogP contribution in [0.25, 0.3) is 11.4 Å². The summed E-state index contributed by atoms with van der Waals surface area (Å²) in [5.41, 5.74) is 4.02. The lowest BCUT2D eigenvalue weighted by Crippen LogP contribution is -2.04. The van der Waals surface area contributed by atoms with Crippen LogP contribution in [0.4, 0.5) is 4.39 Å². The minimum atomic E-state index is -0.350. The summed E-state index contributed by atoms with van der Waals surface area (Å²) in [6.45, 7) is 1.84. The van der Waals surface area contributed by atoms with Gasteiger partial charge in [0.15, 0.2) is 5.69 Å². The average Bonchev–Trinajstić information content (AvgIpc) is 3.01. The van der Waals surface area contributed by atoms with E-state index in [1.165, 1.54) is 12.1 Å². The lowest BCUT2D eigenvalue weighted by molar-refractivity contribution is 0.624. The molecule has 6 nitrogen and oxygen atoms in total. The summed E-state index contributed by atoms with van der Waals surface area (Å²) in [4.78, 5) is 4.12. The van der Waals surface area contributed by atoms with E-state index in [0.717, 1.165) is 22.8 Å². The van der Waals surface area contributed by atoms with Gasteiger partial charge in [-0.3, -0.25) is 4.57 Å². The first-order chi connectivity index (χ1) is 10.2. The van der Waals surface area contributed by atoms with Crippen molar-refractivity contribution in [3.8, 4) is 17.4 Å². The van der Waals surface area contributed by atoms with Gasteiger partial charge in [-0.15, -0.1) is 5.10 Å². The Kier molecular flexibility index (Phi) is 2.24. The Morgan fingerprint density at radius 2 is 2.14 bits per heavy atom. The molecule has 21 heavy (non-hydrogen) atoms. The van der Waals surface area contributed by atoms with Crippen LogP contribution in [0.5, 0.6) is 0 Å². The maximum atomic E-state index is 13.6. The van der Waals surface area contributed by atoms with E-state index in [2.05, 4.69) is 21.4 Å². The molecule has 0 saturated heterocycles. The topological polar surface area (TPSA) is 72.3 Å². The fraction of sp³-hybridized carbons (Fsp3) is 0.143. The Morgan fingerprint density at radius 1 is 1.29 bits per heavy atom. The summed E-state index contributed by atoms with van der Waals surface area (Å²) in [5.74, 6) is -0.350. The van der Waals surface area contributed by atoms with Crippen LogP contribution < -0.4 is 0 Å². The van der Waals surface area contributed by atoms with Crippen molar-refractivity contribution in [2.75, 3.05) is 0 Å². The van der Waals surface area contributed by atoms with E-state index in [1.54, 1.807) is 21.6 Å². The van der Waals surface area contributed by atoms with Gasteiger partial charge in [0.05, 0.1) is 28.5 Å². The van der Waals surface area contributed by atoms with Crippen LogP contribution in [0.1, 0.15) is 22.8 Å². The number of hydrogen-bond acceptors (Lipinski definition) is 4. The summed E-state index contributed by atoms with van der Waals surface area (Å²) in [7, 11) is 0. The van der Waals surface area contributed by atoms with E-state index < -0.39 is 0 Å². The van der Waals surface area contributed by atoms with Gasteiger partial charge in [-0.25, -0.2) is 14.1 Å². The molecule has 0 atom stereocenters. The van der Waals surface area contributed by atoms with Gasteiger partial charge in [-0.2, -0.15) is 5.26 Å². The second-order valence-electron chi connectivity index (χ2n) is 4.86. The van der Waals surface area contributed by atoms with Gasteiger partial charge < -0.3 is 0 Å². The molecule has 3 aromatic rings. The number of hydrogen-bond donors (Lipinski definition) is 0.